The van der Waals surface area contributed by atoms with Crippen molar-refractivity contribution in [3.63, 3.8) is 0 Å². The second kappa shape index (κ2) is 8.05. The Morgan fingerprint density at radius 2 is 1.87 bits per heavy atom. The third-order valence-corrected chi connectivity index (χ3v) is 6.85. The van der Waals surface area contributed by atoms with Crippen molar-refractivity contribution >= 4 is 10.9 Å². The van der Waals surface area contributed by atoms with Crippen molar-refractivity contribution in [2.45, 2.75) is 25.4 Å². The number of halogens is 1. The first-order valence-electron chi connectivity index (χ1n) is 11.0. The molecule has 0 spiro atoms. The molecule has 0 saturated carbocycles. The molecule has 1 saturated heterocycles. The molecule has 0 bridgehead atoms. The van der Waals surface area contributed by atoms with E-state index in [2.05, 4.69) is 77.3 Å². The maximum absolute atomic E-state index is 12.5. The summed E-state index contributed by atoms with van der Waals surface area (Å²) in [5, 5.41) is 1.35. The first-order valence-corrected chi connectivity index (χ1v) is 11.0. The van der Waals surface area contributed by atoms with Crippen LogP contribution in [0.1, 0.15) is 29.8 Å². The average Bonchev–Trinajstić information content (AvgIpc) is 3.09. The van der Waals surface area contributed by atoms with Crippen molar-refractivity contribution in [2.75, 3.05) is 40.0 Å². The molecule has 0 radical (unpaired) electrons. The van der Waals surface area contributed by atoms with Crippen LogP contribution in [0.25, 0.3) is 10.9 Å². The van der Waals surface area contributed by atoms with Gasteiger partial charge in [-0.2, -0.15) is 0 Å². The lowest BCUT2D eigenvalue weighted by Gasteiger charge is -2.38. The van der Waals surface area contributed by atoms with E-state index in [1.807, 2.05) is 0 Å². The van der Waals surface area contributed by atoms with Crippen molar-refractivity contribution < 1.29 is 9.13 Å². The summed E-state index contributed by atoms with van der Waals surface area (Å²) in [5.41, 5.74) is 5.25. The summed E-state index contributed by atoms with van der Waals surface area (Å²) in [6, 6.07) is 17.8. The lowest BCUT2D eigenvalue weighted by molar-refractivity contribution is 0.0668. The van der Waals surface area contributed by atoms with E-state index in [1.54, 1.807) is 0 Å². The van der Waals surface area contributed by atoms with Crippen LogP contribution in [0.2, 0.25) is 0 Å². The van der Waals surface area contributed by atoms with E-state index in [-0.39, 0.29) is 18.6 Å². The van der Waals surface area contributed by atoms with Gasteiger partial charge in [0.2, 0.25) is 0 Å². The van der Waals surface area contributed by atoms with Gasteiger partial charge in [-0.25, -0.2) is 0 Å². The summed E-state index contributed by atoms with van der Waals surface area (Å²) in [4.78, 5) is 8.39. The Morgan fingerprint density at radius 3 is 2.63 bits per heavy atom. The number of likely N-dealkylation sites (tertiary alicyclic amines) is 1. The number of ether oxygens (including phenoxy) is 1. The molecule has 2 atom stereocenters. The lowest BCUT2D eigenvalue weighted by Crippen LogP contribution is -2.49. The van der Waals surface area contributed by atoms with E-state index in [0.717, 1.165) is 31.8 Å². The number of aromatic nitrogens is 1. The molecule has 1 N–H and O–H groups in total. The molecule has 2 aliphatic heterocycles. The first-order chi connectivity index (χ1) is 14.6. The van der Waals surface area contributed by atoms with Gasteiger partial charge in [0.15, 0.2) is 0 Å². The van der Waals surface area contributed by atoms with Crippen molar-refractivity contribution in [3.8, 4) is 5.75 Å². The number of fused-ring (bicyclic) bond motifs is 3. The van der Waals surface area contributed by atoms with Gasteiger partial charge in [-0.15, -0.1) is 0 Å². The number of nitrogens with one attached hydrogen (secondary N) is 1. The average molecular weight is 408 g/mol. The molecule has 2 aromatic carbocycles. The van der Waals surface area contributed by atoms with E-state index in [4.69, 9.17) is 4.74 Å². The molecular weight excluding hydrogens is 377 g/mol. The number of nitrogens with zero attached hydrogens (tertiary/aromatic N) is 2. The second-order valence-electron chi connectivity index (χ2n) is 8.88. The Balaban J connectivity index is 1.31. The SMILES string of the molecule is C[C@@H]1Cc2c([nH]c3ccccc23)[C@H](c2ccc(OCCN3CC(CF)C3)cc2)N1C. The van der Waals surface area contributed by atoms with Gasteiger partial charge in [-0.05, 0) is 49.7 Å². The number of hydrogen-bond acceptors (Lipinski definition) is 3. The minimum Gasteiger partial charge on any atom is -0.492 e. The van der Waals surface area contributed by atoms with Crippen molar-refractivity contribution in [2.24, 2.45) is 5.92 Å². The number of H-pyrrole nitrogens is 1. The Labute approximate surface area is 177 Å². The molecule has 0 amide bonds. The largest absolute Gasteiger partial charge is 0.492 e. The highest BCUT2D eigenvalue weighted by Crippen LogP contribution is 2.40. The number of aromatic amines is 1. The van der Waals surface area contributed by atoms with Crippen molar-refractivity contribution in [1.82, 2.24) is 14.8 Å². The molecule has 4 nitrogen and oxygen atoms in total. The third-order valence-electron chi connectivity index (χ3n) is 6.85. The minimum atomic E-state index is -0.203. The van der Waals surface area contributed by atoms with Crippen LogP contribution >= 0.6 is 0 Å². The Bertz CT molecular complexity index is 1010. The van der Waals surface area contributed by atoms with E-state index in [0.29, 0.717) is 12.6 Å². The zero-order valence-corrected chi connectivity index (χ0v) is 17.8. The Morgan fingerprint density at radius 1 is 1.10 bits per heavy atom. The molecule has 1 fully saturated rings. The number of benzene rings is 2. The van der Waals surface area contributed by atoms with Crippen LogP contribution in [0.4, 0.5) is 4.39 Å². The number of para-hydroxylation sites is 1. The number of hydrogen-bond donors (Lipinski definition) is 1. The van der Waals surface area contributed by atoms with E-state index < -0.39 is 0 Å². The molecule has 5 rings (SSSR count). The van der Waals surface area contributed by atoms with Gasteiger partial charge in [0, 0.05) is 48.2 Å². The van der Waals surface area contributed by atoms with Crippen LogP contribution in [-0.4, -0.2) is 60.8 Å². The summed E-state index contributed by atoms with van der Waals surface area (Å²) in [5.74, 6) is 1.12. The highest BCUT2D eigenvalue weighted by atomic mass is 19.1. The number of likely N-dealkylation sites (N-methyl/N-ethyl adjacent to an activating group) is 1. The summed E-state index contributed by atoms with van der Waals surface area (Å²) in [6.45, 7) is 5.32. The topological polar surface area (TPSA) is 31.5 Å². The molecule has 30 heavy (non-hydrogen) atoms. The van der Waals surface area contributed by atoms with Crippen LogP contribution in [0.3, 0.4) is 0 Å². The lowest BCUT2D eigenvalue weighted by atomic mass is 9.89. The predicted molar refractivity (Wildman–Crippen MR) is 119 cm³/mol. The van der Waals surface area contributed by atoms with Gasteiger partial charge in [-0.3, -0.25) is 14.2 Å². The summed E-state index contributed by atoms with van der Waals surface area (Å²) >= 11 is 0. The fourth-order valence-electron chi connectivity index (χ4n) is 4.97. The fourth-order valence-corrected chi connectivity index (χ4v) is 4.97. The standard InChI is InChI=1S/C25H30FN3O/c1-17-13-22-21-5-3-4-6-23(21)27-24(22)25(28(17)2)19-7-9-20(10-8-19)30-12-11-29-15-18(14-26)16-29/h3-10,17-18,25,27H,11-16H2,1-2H3/t17-,25+/m1/s1. The van der Waals surface area contributed by atoms with Crippen LogP contribution < -0.4 is 4.74 Å². The fraction of sp³-hybridized carbons (Fsp3) is 0.440. The van der Waals surface area contributed by atoms with Crippen LogP contribution in [0, 0.1) is 5.92 Å². The monoisotopic (exact) mass is 407 g/mol. The third kappa shape index (κ3) is 3.50. The highest BCUT2D eigenvalue weighted by molar-refractivity contribution is 5.85. The molecule has 0 aliphatic carbocycles. The van der Waals surface area contributed by atoms with Gasteiger partial charge in [0.25, 0.3) is 0 Å². The van der Waals surface area contributed by atoms with Gasteiger partial charge in [0.1, 0.15) is 12.4 Å². The van der Waals surface area contributed by atoms with Gasteiger partial charge in [0.05, 0.1) is 12.7 Å². The molecule has 1 aromatic heterocycles. The maximum Gasteiger partial charge on any atom is 0.119 e. The molecule has 2 aliphatic rings. The normalized spacial score (nSPS) is 22.8. The van der Waals surface area contributed by atoms with E-state index >= 15 is 0 Å². The molecule has 5 heteroatoms. The van der Waals surface area contributed by atoms with Gasteiger partial charge >= 0.3 is 0 Å². The molecule has 3 heterocycles. The Hall–Kier alpha value is -2.37. The molecular formula is C25H30FN3O. The maximum atomic E-state index is 12.5. The van der Waals surface area contributed by atoms with Crippen LogP contribution in [0.5, 0.6) is 5.75 Å². The van der Waals surface area contributed by atoms with Crippen molar-refractivity contribution in [1.29, 1.82) is 0 Å². The summed E-state index contributed by atoms with van der Waals surface area (Å²) in [6.07, 6.45) is 1.06. The van der Waals surface area contributed by atoms with E-state index in [9.17, 15) is 4.39 Å². The van der Waals surface area contributed by atoms with Gasteiger partial charge in [-0.1, -0.05) is 30.3 Å². The molecule has 158 valence electrons. The number of alkyl halides is 1. The number of rotatable bonds is 6. The zero-order chi connectivity index (χ0) is 20.7. The van der Waals surface area contributed by atoms with Crippen molar-refractivity contribution in [3.05, 3.63) is 65.4 Å². The highest BCUT2D eigenvalue weighted by Gasteiger charge is 2.33. The second-order valence-corrected chi connectivity index (χ2v) is 8.88. The molecule has 0 unspecified atom stereocenters. The van der Waals surface area contributed by atoms with Crippen LogP contribution in [0.15, 0.2) is 48.5 Å². The predicted octanol–water partition coefficient (Wildman–Crippen LogP) is 4.41. The quantitative estimate of drug-likeness (QED) is 0.657. The summed E-state index contributed by atoms with van der Waals surface area (Å²) in [7, 11) is 2.21. The smallest absolute Gasteiger partial charge is 0.119 e. The molecule has 3 aromatic rings. The first kappa shape index (κ1) is 19.6. The minimum absolute atomic E-state index is 0.203. The van der Waals surface area contributed by atoms with Gasteiger partial charge < -0.3 is 9.72 Å². The zero-order valence-electron chi connectivity index (χ0n) is 17.8. The summed E-state index contributed by atoms with van der Waals surface area (Å²) < 4.78 is 18.5. The van der Waals surface area contributed by atoms with E-state index in [1.165, 1.54) is 27.7 Å². The Kier molecular flexibility index (Phi) is 5.25. The van der Waals surface area contributed by atoms with Crippen LogP contribution in [-0.2, 0) is 6.42 Å².